The lowest BCUT2D eigenvalue weighted by Gasteiger charge is -2.22. The Kier molecular flexibility index (Phi) is 6.64. The summed E-state index contributed by atoms with van der Waals surface area (Å²) in [5.74, 6) is 0.0483. The zero-order valence-electron chi connectivity index (χ0n) is 12.3. The average molecular weight is 376 g/mol. The zero-order valence-corrected chi connectivity index (χ0v) is 14.0. The molecule has 11 heteroatoms. The van der Waals surface area contributed by atoms with Gasteiger partial charge in [-0.25, -0.2) is 8.75 Å². The van der Waals surface area contributed by atoms with Crippen LogP contribution in [-0.4, -0.2) is 26.4 Å². The molecule has 1 aromatic rings. The minimum absolute atomic E-state index is 0.0483. The van der Waals surface area contributed by atoms with Crippen LogP contribution >= 0.6 is 7.60 Å². The molecule has 0 aliphatic carbocycles. The number of para-hydroxylation sites is 1. The van der Waals surface area contributed by atoms with Crippen molar-refractivity contribution in [1.82, 2.24) is 0 Å². The van der Waals surface area contributed by atoms with Gasteiger partial charge in [0, 0.05) is 0 Å². The number of hydrogen-bond donors (Lipinski definition) is 0. The highest BCUT2D eigenvalue weighted by Gasteiger charge is 2.49. The van der Waals surface area contributed by atoms with Crippen LogP contribution in [0.3, 0.4) is 0 Å². The number of alkyl halides is 3. The van der Waals surface area contributed by atoms with E-state index in [-0.39, 0.29) is 5.75 Å². The van der Waals surface area contributed by atoms with E-state index in [1.54, 1.807) is 13.0 Å². The quantitative estimate of drug-likeness (QED) is 0.389. The van der Waals surface area contributed by atoms with Crippen LogP contribution in [0.5, 0.6) is 5.75 Å². The molecule has 2 atom stereocenters. The van der Waals surface area contributed by atoms with Gasteiger partial charge in [-0.05, 0) is 25.5 Å². The molecule has 1 rings (SSSR count). The van der Waals surface area contributed by atoms with Crippen LogP contribution in [0.4, 0.5) is 13.2 Å². The molecular weight excluding hydrogens is 360 g/mol. The molecule has 0 aliphatic heterocycles. The Bertz CT molecular complexity index is 647. The molecule has 0 radical (unpaired) electrons. The van der Waals surface area contributed by atoms with Gasteiger partial charge >= 0.3 is 23.2 Å². The Morgan fingerprint density at radius 1 is 1.22 bits per heavy atom. The number of halogens is 3. The molecule has 6 nitrogen and oxygen atoms in total. The maximum atomic E-state index is 12.5. The molecule has 0 saturated carbocycles. The summed E-state index contributed by atoms with van der Waals surface area (Å²) in [5, 5.41) is 0. The average Bonchev–Trinajstić information content (AvgIpc) is 2.45. The van der Waals surface area contributed by atoms with E-state index in [2.05, 4.69) is 4.18 Å². The lowest BCUT2D eigenvalue weighted by Crippen LogP contribution is -2.26. The number of hydrogen-bond acceptors (Lipinski definition) is 6. The van der Waals surface area contributed by atoms with Crippen LogP contribution in [0.1, 0.15) is 20.3 Å². The fourth-order valence-electron chi connectivity index (χ4n) is 1.27. The summed E-state index contributed by atoms with van der Waals surface area (Å²) in [6.45, 7) is 3.20. The Hall–Kier alpha value is -1.09. The molecular formula is C12H16F3O6PS. The molecule has 23 heavy (non-hydrogen) atoms. The third-order valence-electron chi connectivity index (χ3n) is 2.55. The van der Waals surface area contributed by atoms with Crippen molar-refractivity contribution in [3.8, 4) is 5.75 Å². The van der Waals surface area contributed by atoms with E-state index in [4.69, 9.17) is 9.05 Å². The smallest absolute Gasteiger partial charge is 0.423 e. The third kappa shape index (κ3) is 6.14. The number of rotatable bonds is 8. The second-order valence-electron chi connectivity index (χ2n) is 4.49. The Morgan fingerprint density at radius 3 is 2.26 bits per heavy atom. The van der Waals surface area contributed by atoms with Crippen molar-refractivity contribution in [2.75, 3.05) is 6.35 Å². The van der Waals surface area contributed by atoms with Gasteiger partial charge in [0.15, 0.2) is 6.35 Å². The van der Waals surface area contributed by atoms with Crippen LogP contribution in [0.2, 0.25) is 0 Å². The highest BCUT2D eigenvalue weighted by atomic mass is 32.2. The van der Waals surface area contributed by atoms with Crippen molar-refractivity contribution < 1.29 is 39.4 Å². The van der Waals surface area contributed by atoms with Gasteiger partial charge in [0.1, 0.15) is 5.75 Å². The zero-order chi connectivity index (χ0) is 17.7. The predicted octanol–water partition coefficient (Wildman–Crippen LogP) is 3.90. The van der Waals surface area contributed by atoms with Crippen LogP contribution in [0.25, 0.3) is 0 Å². The van der Waals surface area contributed by atoms with Crippen molar-refractivity contribution >= 4 is 17.7 Å². The van der Waals surface area contributed by atoms with E-state index in [9.17, 15) is 26.2 Å². The van der Waals surface area contributed by atoms with Gasteiger partial charge in [-0.1, -0.05) is 25.1 Å². The first-order valence-electron chi connectivity index (χ1n) is 6.47. The van der Waals surface area contributed by atoms with Crippen molar-refractivity contribution in [3.63, 3.8) is 0 Å². The first kappa shape index (κ1) is 20.0. The van der Waals surface area contributed by atoms with Crippen molar-refractivity contribution in [2.45, 2.75) is 31.9 Å². The molecule has 132 valence electrons. The van der Waals surface area contributed by atoms with E-state index >= 15 is 0 Å². The van der Waals surface area contributed by atoms with Crippen LogP contribution in [-0.2, 0) is 23.4 Å². The van der Waals surface area contributed by atoms with Gasteiger partial charge in [-0.15, -0.1) is 0 Å². The first-order chi connectivity index (χ1) is 10.5. The molecule has 1 aromatic carbocycles. The normalized spacial score (nSPS) is 16.6. The van der Waals surface area contributed by atoms with Gasteiger partial charge in [0.2, 0.25) is 0 Å². The summed E-state index contributed by atoms with van der Waals surface area (Å²) in [6, 6.07) is 7.50. The predicted molar refractivity (Wildman–Crippen MR) is 76.4 cm³/mol. The van der Waals surface area contributed by atoms with E-state index in [0.717, 1.165) is 0 Å². The lowest BCUT2D eigenvalue weighted by molar-refractivity contribution is -0.0533. The standard InChI is InChI=1S/C12H16F3O6PS/c1-3-10(2)20-22(16,21-11-7-5-4-6-8-11)9-19-23(17,18)12(13,14)15/h4-8,10H,3,9H2,1-2H3. The van der Waals surface area contributed by atoms with Crippen LogP contribution < -0.4 is 4.52 Å². The summed E-state index contributed by atoms with van der Waals surface area (Å²) in [5.41, 5.74) is -5.62. The minimum atomic E-state index is -5.90. The molecule has 0 aliphatic rings. The third-order valence-corrected chi connectivity index (χ3v) is 5.34. The second kappa shape index (κ2) is 7.65. The molecule has 0 spiro atoms. The van der Waals surface area contributed by atoms with Gasteiger partial charge in [0.25, 0.3) is 0 Å². The fraction of sp³-hybridized carbons (Fsp3) is 0.500. The van der Waals surface area contributed by atoms with E-state index in [1.807, 2.05) is 0 Å². The first-order valence-corrected chi connectivity index (χ1v) is 9.60. The molecule has 0 N–H and O–H groups in total. The van der Waals surface area contributed by atoms with Crippen LogP contribution in [0, 0.1) is 0 Å². The van der Waals surface area contributed by atoms with Gasteiger partial charge in [0.05, 0.1) is 6.10 Å². The Morgan fingerprint density at radius 2 is 1.78 bits per heavy atom. The Labute approximate surface area is 132 Å². The SMILES string of the molecule is CCC(C)OP(=O)(COS(=O)(=O)C(F)(F)F)Oc1ccccc1. The van der Waals surface area contributed by atoms with E-state index in [0.29, 0.717) is 6.42 Å². The topological polar surface area (TPSA) is 78.9 Å². The monoisotopic (exact) mass is 376 g/mol. The lowest BCUT2D eigenvalue weighted by atomic mass is 10.3. The Balaban J connectivity index is 2.95. The number of benzene rings is 1. The summed E-state index contributed by atoms with van der Waals surface area (Å²) in [7, 11) is -10.2. The maximum absolute atomic E-state index is 12.5. The van der Waals surface area contributed by atoms with E-state index < -0.39 is 35.7 Å². The fourth-order valence-corrected chi connectivity index (χ4v) is 3.77. The van der Waals surface area contributed by atoms with Gasteiger partial charge < -0.3 is 4.52 Å². The molecule has 0 heterocycles. The largest absolute Gasteiger partial charge is 0.523 e. The maximum Gasteiger partial charge on any atom is 0.523 e. The minimum Gasteiger partial charge on any atom is -0.423 e. The van der Waals surface area contributed by atoms with Gasteiger partial charge in [-0.3, -0.25) is 4.52 Å². The summed E-state index contributed by atoms with van der Waals surface area (Å²) >= 11 is 0. The van der Waals surface area contributed by atoms with Gasteiger partial charge in [-0.2, -0.15) is 21.6 Å². The highest BCUT2D eigenvalue weighted by molar-refractivity contribution is 7.87. The molecule has 0 bridgehead atoms. The second-order valence-corrected chi connectivity index (χ2v) is 7.97. The van der Waals surface area contributed by atoms with Crippen molar-refractivity contribution in [1.29, 1.82) is 0 Å². The summed E-state index contributed by atoms with van der Waals surface area (Å²) in [6.07, 6.45) is -1.64. The molecule has 0 aromatic heterocycles. The molecule has 0 amide bonds. The highest BCUT2D eigenvalue weighted by Crippen LogP contribution is 2.50. The van der Waals surface area contributed by atoms with Crippen molar-refractivity contribution in [2.24, 2.45) is 0 Å². The molecule has 2 unspecified atom stereocenters. The summed E-state index contributed by atoms with van der Waals surface area (Å²) in [4.78, 5) is 0. The molecule has 0 fully saturated rings. The summed E-state index contributed by atoms with van der Waals surface area (Å²) < 4.78 is 85.2. The molecule has 0 saturated heterocycles. The van der Waals surface area contributed by atoms with Crippen LogP contribution in [0.15, 0.2) is 30.3 Å². The van der Waals surface area contributed by atoms with E-state index in [1.165, 1.54) is 31.2 Å². The van der Waals surface area contributed by atoms with Crippen molar-refractivity contribution in [3.05, 3.63) is 30.3 Å².